The van der Waals surface area contributed by atoms with Gasteiger partial charge in [0.1, 0.15) is 0 Å². The van der Waals surface area contributed by atoms with Gasteiger partial charge in [-0.2, -0.15) is 0 Å². The van der Waals surface area contributed by atoms with Gasteiger partial charge in [-0.25, -0.2) is 0 Å². The molecule has 4 heteroatoms. The summed E-state index contributed by atoms with van der Waals surface area (Å²) in [5.74, 6) is 1.53. The summed E-state index contributed by atoms with van der Waals surface area (Å²) in [4.78, 5) is 13.8. The first kappa shape index (κ1) is 12.1. The van der Waals surface area contributed by atoms with Gasteiger partial charge in [0.25, 0.3) is 0 Å². The molecule has 0 aliphatic carbocycles. The van der Waals surface area contributed by atoms with Crippen molar-refractivity contribution in [3.05, 3.63) is 35.4 Å². The molecule has 2 aliphatic rings. The van der Waals surface area contributed by atoms with Crippen molar-refractivity contribution in [2.45, 2.75) is 18.9 Å². The molecule has 0 fully saturated rings. The topological polar surface area (TPSA) is 38.8 Å². The third-order valence-corrected chi connectivity index (χ3v) is 4.14. The fourth-order valence-electron chi connectivity index (χ4n) is 3.05. The fraction of sp³-hybridized carbons (Fsp3) is 0.400. The number of ether oxygens (including phenoxy) is 2. The van der Waals surface area contributed by atoms with E-state index in [0.29, 0.717) is 5.75 Å². The Balaban J connectivity index is 2.17. The molecule has 19 heavy (non-hydrogen) atoms. The predicted octanol–water partition coefficient (Wildman–Crippen LogP) is 1.87. The molecular formula is C15H17NO3. The van der Waals surface area contributed by atoms with Crippen LogP contribution in [-0.4, -0.2) is 31.6 Å². The molecule has 0 unspecified atom stereocenters. The van der Waals surface area contributed by atoms with E-state index in [-0.39, 0.29) is 11.4 Å². The van der Waals surface area contributed by atoms with Crippen molar-refractivity contribution in [1.29, 1.82) is 0 Å². The number of carbonyl (C=O) groups excluding carboxylic acids is 1. The van der Waals surface area contributed by atoms with Crippen LogP contribution in [0.15, 0.2) is 24.3 Å². The highest BCUT2D eigenvalue weighted by Crippen LogP contribution is 2.44. The lowest BCUT2D eigenvalue weighted by Gasteiger charge is -2.41. The van der Waals surface area contributed by atoms with Crippen molar-refractivity contribution in [1.82, 2.24) is 4.90 Å². The highest BCUT2D eigenvalue weighted by Gasteiger charge is 2.42. The zero-order valence-electron chi connectivity index (χ0n) is 11.4. The Bertz CT molecular complexity index is 579. The van der Waals surface area contributed by atoms with Gasteiger partial charge >= 0.3 is 0 Å². The van der Waals surface area contributed by atoms with Crippen molar-refractivity contribution >= 4 is 5.91 Å². The van der Waals surface area contributed by atoms with Gasteiger partial charge in [-0.15, -0.1) is 0 Å². The molecule has 2 aliphatic heterocycles. The normalized spacial score (nSPS) is 24.2. The molecule has 0 saturated carbocycles. The lowest BCUT2D eigenvalue weighted by atomic mass is 9.83. The smallest absolute Gasteiger partial charge is 0.247 e. The Kier molecular flexibility index (Phi) is 2.55. The van der Waals surface area contributed by atoms with E-state index >= 15 is 0 Å². The third-order valence-electron chi connectivity index (χ3n) is 4.14. The second-order valence-electron chi connectivity index (χ2n) is 5.09. The number of hydrogen-bond acceptors (Lipinski definition) is 3. The van der Waals surface area contributed by atoms with Crippen LogP contribution in [0.25, 0.3) is 0 Å². The van der Waals surface area contributed by atoms with Gasteiger partial charge in [-0.3, -0.25) is 4.79 Å². The van der Waals surface area contributed by atoms with Gasteiger partial charge in [0.2, 0.25) is 5.91 Å². The van der Waals surface area contributed by atoms with Gasteiger partial charge in [0.05, 0.1) is 19.8 Å². The molecule has 3 rings (SSSR count). The summed E-state index contributed by atoms with van der Waals surface area (Å²) >= 11 is 0. The maximum absolute atomic E-state index is 11.9. The lowest BCUT2D eigenvalue weighted by Crippen LogP contribution is -2.46. The summed E-state index contributed by atoms with van der Waals surface area (Å²) in [6.45, 7) is 2.81. The van der Waals surface area contributed by atoms with Crippen molar-refractivity contribution in [2.75, 3.05) is 20.8 Å². The van der Waals surface area contributed by atoms with E-state index in [1.165, 1.54) is 5.56 Å². The number of benzene rings is 1. The van der Waals surface area contributed by atoms with Crippen LogP contribution in [0.5, 0.6) is 11.5 Å². The lowest BCUT2D eigenvalue weighted by molar-refractivity contribution is -0.129. The van der Waals surface area contributed by atoms with Crippen molar-refractivity contribution in [2.24, 2.45) is 0 Å². The minimum atomic E-state index is -0.357. The molecule has 0 radical (unpaired) electrons. The fourth-order valence-corrected chi connectivity index (χ4v) is 3.05. The number of hydrogen-bond donors (Lipinski definition) is 0. The Hall–Kier alpha value is -1.97. The summed E-state index contributed by atoms with van der Waals surface area (Å²) in [5.41, 5.74) is 1.98. The molecule has 0 N–H and O–H groups in total. The monoisotopic (exact) mass is 259 g/mol. The Morgan fingerprint density at radius 1 is 1.21 bits per heavy atom. The van der Waals surface area contributed by atoms with E-state index < -0.39 is 0 Å². The van der Waals surface area contributed by atoms with Crippen molar-refractivity contribution < 1.29 is 14.3 Å². The largest absolute Gasteiger partial charge is 0.493 e. The molecular weight excluding hydrogens is 242 g/mol. The molecule has 0 bridgehead atoms. The highest BCUT2D eigenvalue weighted by atomic mass is 16.5. The summed E-state index contributed by atoms with van der Waals surface area (Å²) in [7, 11) is 3.27. The maximum Gasteiger partial charge on any atom is 0.247 e. The quantitative estimate of drug-likeness (QED) is 0.814. The summed E-state index contributed by atoms with van der Waals surface area (Å²) < 4.78 is 10.7. The second kappa shape index (κ2) is 4.02. The second-order valence-corrected chi connectivity index (χ2v) is 5.09. The van der Waals surface area contributed by atoms with E-state index in [9.17, 15) is 4.79 Å². The average molecular weight is 259 g/mol. The molecule has 0 aromatic heterocycles. The summed E-state index contributed by atoms with van der Waals surface area (Å²) in [6, 6.07) is 4.01. The number of carbonyl (C=O) groups is 1. The Labute approximate surface area is 112 Å². The van der Waals surface area contributed by atoms with Gasteiger partial charge in [-0.1, -0.05) is 0 Å². The third kappa shape index (κ3) is 1.56. The van der Waals surface area contributed by atoms with E-state index in [0.717, 1.165) is 24.3 Å². The first-order chi connectivity index (χ1) is 9.10. The first-order valence-electron chi connectivity index (χ1n) is 6.36. The van der Waals surface area contributed by atoms with Crippen LogP contribution >= 0.6 is 0 Å². The molecule has 2 heterocycles. The summed E-state index contributed by atoms with van der Waals surface area (Å²) in [6.07, 6.45) is 4.48. The standard InChI is InChI=1S/C15H17NO3/c1-15-6-4-14(17)16(15)7-5-10-8-12(18-2)13(19-3)9-11(10)15/h4,6,8-9H,5,7H2,1-3H3/t15-/m1/s1. The Morgan fingerprint density at radius 2 is 1.89 bits per heavy atom. The molecule has 1 atom stereocenters. The summed E-state index contributed by atoms with van der Waals surface area (Å²) in [5, 5.41) is 0. The van der Waals surface area contributed by atoms with Crippen molar-refractivity contribution in [3.8, 4) is 11.5 Å². The molecule has 1 aromatic rings. The van der Waals surface area contributed by atoms with Crippen LogP contribution in [0, 0.1) is 0 Å². The zero-order chi connectivity index (χ0) is 13.6. The zero-order valence-corrected chi connectivity index (χ0v) is 11.4. The first-order valence-corrected chi connectivity index (χ1v) is 6.36. The van der Waals surface area contributed by atoms with Crippen LogP contribution in [0.3, 0.4) is 0 Å². The number of rotatable bonds is 2. The van der Waals surface area contributed by atoms with Gasteiger partial charge in [0.15, 0.2) is 11.5 Å². The predicted molar refractivity (Wildman–Crippen MR) is 71.5 cm³/mol. The SMILES string of the molecule is COc1cc2c(cc1OC)[C@@]1(C)C=CC(=O)N1CC2. The molecule has 1 amide bonds. The van der Waals surface area contributed by atoms with Crippen LogP contribution in [0.4, 0.5) is 0 Å². The van der Waals surface area contributed by atoms with E-state index in [1.807, 2.05) is 23.1 Å². The number of amides is 1. The van der Waals surface area contributed by atoms with Crippen LogP contribution in [-0.2, 0) is 16.8 Å². The van der Waals surface area contributed by atoms with Gasteiger partial charge < -0.3 is 14.4 Å². The van der Waals surface area contributed by atoms with E-state index in [4.69, 9.17) is 9.47 Å². The number of methoxy groups -OCH3 is 2. The van der Waals surface area contributed by atoms with Crippen LogP contribution in [0.2, 0.25) is 0 Å². The highest BCUT2D eigenvalue weighted by molar-refractivity contribution is 5.92. The number of fused-ring (bicyclic) bond motifs is 3. The minimum absolute atomic E-state index is 0.0861. The van der Waals surface area contributed by atoms with Gasteiger partial charge in [0, 0.05) is 12.6 Å². The van der Waals surface area contributed by atoms with Gasteiger partial charge in [-0.05, 0) is 42.7 Å². The minimum Gasteiger partial charge on any atom is -0.493 e. The average Bonchev–Trinajstić information content (AvgIpc) is 2.73. The molecule has 4 nitrogen and oxygen atoms in total. The molecule has 1 aromatic carbocycles. The van der Waals surface area contributed by atoms with Crippen LogP contribution in [0.1, 0.15) is 18.1 Å². The van der Waals surface area contributed by atoms with Crippen molar-refractivity contribution in [3.63, 3.8) is 0 Å². The number of nitrogens with zero attached hydrogens (tertiary/aromatic N) is 1. The van der Waals surface area contributed by atoms with E-state index in [1.54, 1.807) is 20.3 Å². The maximum atomic E-state index is 11.9. The Morgan fingerprint density at radius 3 is 2.58 bits per heavy atom. The molecule has 100 valence electrons. The van der Waals surface area contributed by atoms with Crippen LogP contribution < -0.4 is 9.47 Å². The molecule has 0 saturated heterocycles. The molecule has 0 spiro atoms. The van der Waals surface area contributed by atoms with E-state index in [2.05, 4.69) is 6.92 Å².